The van der Waals surface area contributed by atoms with Crippen molar-refractivity contribution in [2.24, 2.45) is 10.4 Å². The van der Waals surface area contributed by atoms with Gasteiger partial charge in [-0.3, -0.25) is 4.99 Å². The Kier molecular flexibility index (Phi) is 10.6. The average molecular weight is 399 g/mol. The Morgan fingerprint density at radius 2 is 2.05 bits per heavy atom. The van der Waals surface area contributed by atoms with E-state index >= 15 is 0 Å². The lowest BCUT2D eigenvalue weighted by molar-refractivity contribution is 0.0698. The molecule has 1 aliphatic rings. The number of aliphatic imine (C=N–C) groups is 1. The molecule has 1 N–H and O–H groups in total. The number of guanidine groups is 1. The van der Waals surface area contributed by atoms with Gasteiger partial charge in [0.2, 0.25) is 0 Å². The summed E-state index contributed by atoms with van der Waals surface area (Å²) in [7, 11) is 3.54. The molecule has 1 saturated heterocycles. The Balaban J connectivity index is 0.00000361. The molecule has 0 aliphatic carbocycles. The van der Waals surface area contributed by atoms with Crippen molar-refractivity contribution in [3.05, 3.63) is 0 Å². The quantitative estimate of drug-likeness (QED) is 0.308. The third-order valence-corrected chi connectivity index (χ3v) is 3.37. The molecule has 0 spiro atoms. The second-order valence-electron chi connectivity index (χ2n) is 5.77. The van der Waals surface area contributed by atoms with Gasteiger partial charge in [-0.2, -0.15) is 0 Å². The fraction of sp³-hybridized carbons (Fsp3) is 0.929. The Bertz CT molecular complexity index is 286. The minimum absolute atomic E-state index is 0. The summed E-state index contributed by atoms with van der Waals surface area (Å²) in [5.74, 6) is 1.02. The fourth-order valence-electron chi connectivity index (χ4n) is 2.24. The van der Waals surface area contributed by atoms with Crippen LogP contribution in [0.1, 0.15) is 26.7 Å². The van der Waals surface area contributed by atoms with Crippen molar-refractivity contribution in [1.29, 1.82) is 0 Å². The number of halogens is 1. The Labute approximate surface area is 140 Å². The molecule has 0 saturated carbocycles. The van der Waals surface area contributed by atoms with Gasteiger partial charge in [-0.15, -0.1) is 24.0 Å². The number of nitrogens with one attached hydrogen (secondary N) is 1. The van der Waals surface area contributed by atoms with E-state index in [0.29, 0.717) is 18.6 Å². The number of methoxy groups -OCH3 is 1. The van der Waals surface area contributed by atoms with Crippen molar-refractivity contribution in [1.82, 2.24) is 10.2 Å². The van der Waals surface area contributed by atoms with E-state index in [1.54, 1.807) is 7.11 Å². The number of likely N-dealkylation sites (tertiary alicyclic amines) is 1. The number of hydrogen-bond acceptors (Lipinski definition) is 3. The van der Waals surface area contributed by atoms with Gasteiger partial charge in [-0.1, -0.05) is 13.8 Å². The van der Waals surface area contributed by atoms with Gasteiger partial charge in [-0.25, -0.2) is 0 Å². The van der Waals surface area contributed by atoms with Crippen LogP contribution in [0.4, 0.5) is 0 Å². The van der Waals surface area contributed by atoms with Crippen LogP contribution in [0, 0.1) is 5.41 Å². The lowest BCUT2D eigenvalue weighted by atomic mass is 9.93. The van der Waals surface area contributed by atoms with Gasteiger partial charge in [0.05, 0.1) is 13.2 Å². The summed E-state index contributed by atoms with van der Waals surface area (Å²) in [6.45, 7) is 9.79. The Morgan fingerprint density at radius 1 is 1.30 bits per heavy atom. The Hall–Kier alpha value is -0.0800. The molecule has 0 aromatic carbocycles. The van der Waals surface area contributed by atoms with E-state index in [0.717, 1.165) is 38.6 Å². The average Bonchev–Trinajstić information content (AvgIpc) is 2.73. The van der Waals surface area contributed by atoms with Gasteiger partial charge in [0, 0.05) is 40.4 Å². The number of rotatable bonds is 7. The highest BCUT2D eigenvalue weighted by Crippen LogP contribution is 2.28. The molecule has 0 radical (unpaired) electrons. The van der Waals surface area contributed by atoms with E-state index in [2.05, 4.69) is 29.1 Å². The molecular formula is C14H30IN3O2. The smallest absolute Gasteiger partial charge is 0.193 e. The van der Waals surface area contributed by atoms with Crippen LogP contribution in [-0.2, 0) is 9.47 Å². The molecule has 1 rings (SSSR count). The van der Waals surface area contributed by atoms with Crippen LogP contribution in [0.5, 0.6) is 0 Å². The summed E-state index contributed by atoms with van der Waals surface area (Å²) < 4.78 is 10.4. The second kappa shape index (κ2) is 10.6. The van der Waals surface area contributed by atoms with Gasteiger partial charge in [0.1, 0.15) is 0 Å². The van der Waals surface area contributed by atoms with Crippen molar-refractivity contribution in [2.75, 3.05) is 53.6 Å². The minimum Gasteiger partial charge on any atom is -0.382 e. The van der Waals surface area contributed by atoms with Crippen LogP contribution in [0.3, 0.4) is 0 Å². The van der Waals surface area contributed by atoms with Crippen LogP contribution in [-0.4, -0.2) is 64.5 Å². The summed E-state index contributed by atoms with van der Waals surface area (Å²) >= 11 is 0. The highest BCUT2D eigenvalue weighted by Gasteiger charge is 2.30. The third kappa shape index (κ3) is 7.64. The van der Waals surface area contributed by atoms with E-state index in [-0.39, 0.29) is 24.0 Å². The Morgan fingerprint density at radius 3 is 2.60 bits per heavy atom. The maximum Gasteiger partial charge on any atom is 0.193 e. The monoisotopic (exact) mass is 399 g/mol. The number of hydrogen-bond donors (Lipinski definition) is 1. The normalized spacial score (nSPS) is 18.0. The molecule has 0 atom stereocenters. The van der Waals surface area contributed by atoms with Crippen molar-refractivity contribution in [3.63, 3.8) is 0 Å². The number of ether oxygens (including phenoxy) is 2. The first-order valence-electron chi connectivity index (χ1n) is 7.11. The van der Waals surface area contributed by atoms with Gasteiger partial charge in [0.25, 0.3) is 0 Å². The molecule has 0 unspecified atom stereocenters. The molecule has 0 amide bonds. The van der Waals surface area contributed by atoms with E-state index in [1.807, 2.05) is 7.05 Å². The molecule has 0 aromatic rings. The highest BCUT2D eigenvalue weighted by molar-refractivity contribution is 14.0. The maximum absolute atomic E-state index is 5.43. The first kappa shape index (κ1) is 19.9. The van der Waals surface area contributed by atoms with E-state index in [9.17, 15) is 0 Å². The van der Waals surface area contributed by atoms with Gasteiger partial charge < -0.3 is 19.7 Å². The summed E-state index contributed by atoms with van der Waals surface area (Å²) in [5.41, 5.74) is 0.404. The minimum atomic E-state index is 0. The zero-order valence-corrected chi connectivity index (χ0v) is 15.6. The molecule has 0 bridgehead atoms. The molecule has 0 aromatic heterocycles. The lowest BCUT2D eigenvalue weighted by Gasteiger charge is -2.23. The molecule has 5 nitrogen and oxygen atoms in total. The highest BCUT2D eigenvalue weighted by atomic mass is 127. The predicted molar refractivity (Wildman–Crippen MR) is 94.1 cm³/mol. The zero-order chi connectivity index (χ0) is 14.1. The van der Waals surface area contributed by atoms with Crippen LogP contribution in [0.2, 0.25) is 0 Å². The van der Waals surface area contributed by atoms with Crippen molar-refractivity contribution < 1.29 is 9.47 Å². The predicted octanol–water partition coefficient (Wildman–Crippen LogP) is 1.96. The first-order chi connectivity index (χ1) is 9.09. The zero-order valence-electron chi connectivity index (χ0n) is 13.3. The van der Waals surface area contributed by atoms with E-state index < -0.39 is 0 Å². The van der Waals surface area contributed by atoms with Gasteiger partial charge in [-0.05, 0) is 18.3 Å². The number of nitrogens with zero attached hydrogens (tertiary/aromatic N) is 2. The van der Waals surface area contributed by atoms with Crippen LogP contribution in [0.25, 0.3) is 0 Å². The first-order valence-corrected chi connectivity index (χ1v) is 7.11. The molecule has 120 valence electrons. The molecule has 1 fully saturated rings. The largest absolute Gasteiger partial charge is 0.382 e. The summed E-state index contributed by atoms with van der Waals surface area (Å²) in [4.78, 5) is 6.69. The SMILES string of the molecule is CN=C(NCCCOCCOC)N1CCC(C)(C)C1.I. The van der Waals surface area contributed by atoms with Crippen molar-refractivity contribution in [3.8, 4) is 0 Å². The molecule has 1 heterocycles. The van der Waals surface area contributed by atoms with Crippen LogP contribution < -0.4 is 5.32 Å². The maximum atomic E-state index is 5.43. The van der Waals surface area contributed by atoms with Gasteiger partial charge in [0.15, 0.2) is 5.96 Å². The van der Waals surface area contributed by atoms with Crippen molar-refractivity contribution >= 4 is 29.9 Å². The van der Waals surface area contributed by atoms with E-state index in [1.165, 1.54) is 6.42 Å². The van der Waals surface area contributed by atoms with Crippen molar-refractivity contribution in [2.45, 2.75) is 26.7 Å². The lowest BCUT2D eigenvalue weighted by Crippen LogP contribution is -2.41. The standard InChI is InChI=1S/C14H29N3O2.HI/c1-14(2)6-8-17(12-14)13(15-3)16-7-5-9-19-11-10-18-4;/h5-12H2,1-4H3,(H,15,16);1H. The molecule has 1 aliphatic heterocycles. The third-order valence-electron chi connectivity index (χ3n) is 3.37. The topological polar surface area (TPSA) is 46.1 Å². The second-order valence-corrected chi connectivity index (χ2v) is 5.77. The molecule has 6 heteroatoms. The molecule has 20 heavy (non-hydrogen) atoms. The summed E-state index contributed by atoms with van der Waals surface area (Å²) in [5, 5.41) is 3.40. The summed E-state index contributed by atoms with van der Waals surface area (Å²) in [6.07, 6.45) is 2.22. The summed E-state index contributed by atoms with van der Waals surface area (Å²) in [6, 6.07) is 0. The van der Waals surface area contributed by atoms with Gasteiger partial charge >= 0.3 is 0 Å². The molecular weight excluding hydrogens is 369 g/mol. The van der Waals surface area contributed by atoms with Crippen LogP contribution >= 0.6 is 24.0 Å². The van der Waals surface area contributed by atoms with E-state index in [4.69, 9.17) is 9.47 Å². The fourth-order valence-corrected chi connectivity index (χ4v) is 2.24. The van der Waals surface area contributed by atoms with Crippen LogP contribution in [0.15, 0.2) is 4.99 Å².